The molecule has 4 rings (SSSR count). The number of carbonyl (C=O) groups excluding carboxylic acids is 1. The molecule has 2 aromatic heterocycles. The van der Waals surface area contributed by atoms with Crippen LogP contribution in [-0.2, 0) is 6.54 Å². The summed E-state index contributed by atoms with van der Waals surface area (Å²) in [4.78, 5) is 25.4. The first-order chi connectivity index (χ1) is 15.4. The van der Waals surface area contributed by atoms with Gasteiger partial charge in [0.1, 0.15) is 11.4 Å². The Kier molecular flexibility index (Phi) is 5.71. The van der Waals surface area contributed by atoms with Gasteiger partial charge in [-0.2, -0.15) is 9.78 Å². The first-order valence-electron chi connectivity index (χ1n) is 9.50. The summed E-state index contributed by atoms with van der Waals surface area (Å²) in [7, 11) is 0. The summed E-state index contributed by atoms with van der Waals surface area (Å²) < 4.78 is 5.70. The molecule has 0 bridgehead atoms. The fourth-order valence-electron chi connectivity index (χ4n) is 3.26. The van der Waals surface area contributed by atoms with Gasteiger partial charge in [0.25, 0.3) is 11.6 Å². The Bertz CT molecular complexity index is 1180. The van der Waals surface area contributed by atoms with E-state index in [9.17, 15) is 20.0 Å². The molecule has 4 N–H and O–H groups in total. The first-order valence-corrected chi connectivity index (χ1v) is 9.50. The number of amides is 1. The number of anilines is 1. The summed E-state index contributed by atoms with van der Waals surface area (Å²) in [5.74, 6) is -1.01. The highest BCUT2D eigenvalue weighted by molar-refractivity contribution is 5.95. The highest BCUT2D eigenvalue weighted by atomic mass is 16.6. The summed E-state index contributed by atoms with van der Waals surface area (Å²) in [5, 5.41) is 39.8. The zero-order valence-corrected chi connectivity index (χ0v) is 16.6. The molecular formula is C17H18N10O5. The van der Waals surface area contributed by atoms with E-state index in [2.05, 4.69) is 40.7 Å². The maximum atomic E-state index is 12.9. The summed E-state index contributed by atoms with van der Waals surface area (Å²) in [6.45, 7) is 2.11. The molecule has 3 aromatic rings. The minimum Gasteiger partial charge on any atom is -0.507 e. The molecule has 1 fully saturated rings. The molecule has 1 aliphatic heterocycles. The van der Waals surface area contributed by atoms with E-state index < -0.39 is 10.8 Å². The molecule has 0 aliphatic carbocycles. The summed E-state index contributed by atoms with van der Waals surface area (Å²) in [5.41, 5.74) is 8.26. The van der Waals surface area contributed by atoms with Gasteiger partial charge in [-0.25, -0.2) is 10.1 Å². The highest BCUT2D eigenvalue weighted by Gasteiger charge is 2.26. The van der Waals surface area contributed by atoms with Gasteiger partial charge in [0.15, 0.2) is 5.69 Å². The van der Waals surface area contributed by atoms with Gasteiger partial charge >= 0.3 is 0 Å². The van der Waals surface area contributed by atoms with Crippen LogP contribution in [0.25, 0.3) is 5.82 Å². The molecule has 0 spiro atoms. The Hall–Kier alpha value is -4.40. The maximum absolute atomic E-state index is 12.9. The third-order valence-electron chi connectivity index (χ3n) is 4.82. The predicted molar refractivity (Wildman–Crippen MR) is 108 cm³/mol. The van der Waals surface area contributed by atoms with Crippen LogP contribution in [0.5, 0.6) is 5.75 Å². The van der Waals surface area contributed by atoms with Gasteiger partial charge in [-0.05, 0) is 42.3 Å². The molecule has 0 atom stereocenters. The van der Waals surface area contributed by atoms with Crippen molar-refractivity contribution in [3.63, 3.8) is 0 Å². The van der Waals surface area contributed by atoms with Crippen LogP contribution in [-0.4, -0.2) is 65.4 Å². The number of phenolic OH excluding ortho intramolecular Hbond substituents is 1. The number of nitrogens with one attached hydrogen (secondary N) is 1. The topological polar surface area (TPSA) is 204 Å². The second kappa shape index (κ2) is 8.76. The van der Waals surface area contributed by atoms with Gasteiger partial charge in [-0.1, -0.05) is 5.21 Å². The third kappa shape index (κ3) is 4.22. The molecule has 32 heavy (non-hydrogen) atoms. The molecule has 0 saturated carbocycles. The summed E-state index contributed by atoms with van der Waals surface area (Å²) in [6.07, 6.45) is 3.18. The number of non-ortho nitro benzene ring substituents is 1. The van der Waals surface area contributed by atoms with E-state index in [1.54, 1.807) is 0 Å². The first kappa shape index (κ1) is 20.9. The zero-order chi connectivity index (χ0) is 22.7. The van der Waals surface area contributed by atoms with Crippen LogP contribution in [0.2, 0.25) is 0 Å². The summed E-state index contributed by atoms with van der Waals surface area (Å²) in [6, 6.07) is 3.43. The molecule has 1 saturated heterocycles. The van der Waals surface area contributed by atoms with Crippen LogP contribution in [0.1, 0.15) is 34.6 Å². The molecule has 1 amide bonds. The Labute approximate surface area is 179 Å². The molecule has 15 heteroatoms. The van der Waals surface area contributed by atoms with Crippen LogP contribution in [0.3, 0.4) is 0 Å². The Morgan fingerprint density at radius 1 is 1.38 bits per heavy atom. The molecule has 1 aromatic carbocycles. The number of rotatable bonds is 7. The highest BCUT2D eigenvalue weighted by Crippen LogP contribution is 2.22. The Balaban J connectivity index is 1.60. The molecule has 0 radical (unpaired) electrons. The van der Waals surface area contributed by atoms with Crippen molar-refractivity contribution in [1.29, 1.82) is 0 Å². The number of benzene rings is 1. The average Bonchev–Trinajstić information content (AvgIpc) is 3.51. The quantitative estimate of drug-likeness (QED) is 0.256. The van der Waals surface area contributed by atoms with Crippen molar-refractivity contribution in [2.75, 3.05) is 18.8 Å². The number of likely N-dealkylation sites (tertiary alicyclic amines) is 1. The van der Waals surface area contributed by atoms with Crippen molar-refractivity contribution in [3.8, 4) is 11.6 Å². The van der Waals surface area contributed by atoms with Crippen LogP contribution in [0.4, 0.5) is 11.5 Å². The molecule has 3 heterocycles. The van der Waals surface area contributed by atoms with Gasteiger partial charge in [-0.3, -0.25) is 19.8 Å². The number of nitrogens with zero attached hydrogens (tertiary/aromatic N) is 8. The molecule has 1 aliphatic rings. The van der Waals surface area contributed by atoms with Crippen LogP contribution >= 0.6 is 0 Å². The van der Waals surface area contributed by atoms with E-state index in [1.807, 2.05) is 0 Å². The van der Waals surface area contributed by atoms with Crippen molar-refractivity contribution in [3.05, 3.63) is 45.3 Å². The number of nitrogen functional groups attached to an aromatic ring is 1. The fraction of sp³-hybridized carbons (Fsp3) is 0.294. The minimum absolute atomic E-state index is 0.00405. The van der Waals surface area contributed by atoms with Crippen molar-refractivity contribution in [1.82, 2.24) is 35.6 Å². The van der Waals surface area contributed by atoms with Gasteiger partial charge < -0.3 is 10.8 Å². The van der Waals surface area contributed by atoms with Crippen molar-refractivity contribution < 1.29 is 19.5 Å². The van der Waals surface area contributed by atoms with Crippen molar-refractivity contribution >= 4 is 23.6 Å². The lowest BCUT2D eigenvalue weighted by Gasteiger charge is -2.13. The lowest BCUT2D eigenvalue weighted by Crippen LogP contribution is -2.26. The molecular weight excluding hydrogens is 424 g/mol. The second-order valence-corrected chi connectivity index (χ2v) is 6.95. The second-order valence-electron chi connectivity index (χ2n) is 6.95. The molecule has 0 unspecified atom stereocenters. The largest absolute Gasteiger partial charge is 0.507 e. The monoisotopic (exact) mass is 442 g/mol. The third-order valence-corrected chi connectivity index (χ3v) is 4.82. The molecule has 15 nitrogen and oxygen atoms in total. The van der Waals surface area contributed by atoms with E-state index in [0.717, 1.165) is 55.0 Å². The number of nitro benzene ring substituents is 1. The van der Waals surface area contributed by atoms with E-state index >= 15 is 0 Å². The number of hydrogen-bond acceptors (Lipinski definition) is 12. The normalized spacial score (nSPS) is 14.2. The van der Waals surface area contributed by atoms with E-state index in [0.29, 0.717) is 12.2 Å². The Morgan fingerprint density at radius 3 is 2.84 bits per heavy atom. The van der Waals surface area contributed by atoms with Gasteiger partial charge in [0.05, 0.1) is 11.1 Å². The fourth-order valence-corrected chi connectivity index (χ4v) is 3.26. The number of aromatic nitrogens is 5. The van der Waals surface area contributed by atoms with E-state index in [1.165, 1.54) is 0 Å². The van der Waals surface area contributed by atoms with Crippen LogP contribution < -0.4 is 11.2 Å². The number of aromatic hydroxyl groups is 1. The van der Waals surface area contributed by atoms with Gasteiger partial charge in [0, 0.05) is 24.2 Å². The number of nitro groups is 1. The number of nitrogens with two attached hydrogens (primary N) is 1. The maximum Gasteiger partial charge on any atom is 0.292 e. The number of phenols is 1. The van der Waals surface area contributed by atoms with Crippen LogP contribution in [0, 0.1) is 10.1 Å². The number of hydrogen-bond donors (Lipinski definition) is 3. The standard InChI is InChI=1S/C17H18N10O5/c18-15-16(23-32-22-15)26-14(12(20-24-26)9-25-5-1-2-6-25)17(29)21-19-8-10-7-11(27(30)31)3-4-13(10)28/h3-4,7-8,28H,1-2,5-6,9H2,(H2,18,22)(H,21,29). The smallest absolute Gasteiger partial charge is 0.292 e. The lowest BCUT2D eigenvalue weighted by molar-refractivity contribution is -0.384. The minimum atomic E-state index is -0.687. The van der Waals surface area contributed by atoms with E-state index in [-0.39, 0.29) is 34.3 Å². The lowest BCUT2D eigenvalue weighted by atomic mass is 10.2. The Morgan fingerprint density at radius 2 is 2.16 bits per heavy atom. The number of carbonyl (C=O) groups is 1. The molecule has 166 valence electrons. The zero-order valence-electron chi connectivity index (χ0n) is 16.6. The van der Waals surface area contributed by atoms with Crippen molar-refractivity contribution in [2.45, 2.75) is 19.4 Å². The summed E-state index contributed by atoms with van der Waals surface area (Å²) >= 11 is 0. The predicted octanol–water partition coefficient (Wildman–Crippen LogP) is 0.206. The number of hydrazone groups is 1. The van der Waals surface area contributed by atoms with Crippen LogP contribution in [0.15, 0.2) is 27.9 Å². The van der Waals surface area contributed by atoms with E-state index in [4.69, 9.17) is 5.73 Å². The van der Waals surface area contributed by atoms with Gasteiger partial charge in [-0.15, -0.1) is 5.10 Å². The van der Waals surface area contributed by atoms with Crippen molar-refractivity contribution in [2.24, 2.45) is 5.10 Å². The SMILES string of the molecule is Nc1nonc1-n1nnc(CN2CCCC2)c1C(=O)NN=Cc1cc([N+](=O)[O-])ccc1O. The average molecular weight is 442 g/mol. The van der Waals surface area contributed by atoms with Gasteiger partial charge in [0.2, 0.25) is 11.6 Å².